The summed E-state index contributed by atoms with van der Waals surface area (Å²) in [5, 5.41) is 0. The number of ketones is 2. The maximum absolute atomic E-state index is 13.4. The maximum Gasteiger partial charge on any atom is 0.450 e. The molecule has 0 saturated heterocycles. The summed E-state index contributed by atoms with van der Waals surface area (Å²) in [5.41, 5.74) is -0.905. The molecule has 24 heavy (non-hydrogen) atoms. The SMILES string of the molecule is O=C1c2ccccc2C(=O)c2c1oc(C(F)(F)F)c2-c1ccco1. The van der Waals surface area contributed by atoms with E-state index in [4.69, 9.17) is 8.83 Å². The van der Waals surface area contributed by atoms with E-state index in [1.54, 1.807) is 0 Å². The van der Waals surface area contributed by atoms with Gasteiger partial charge in [-0.15, -0.1) is 0 Å². The molecule has 3 aromatic rings. The van der Waals surface area contributed by atoms with E-state index in [-0.39, 0.29) is 16.9 Å². The van der Waals surface area contributed by atoms with Crippen LogP contribution in [-0.4, -0.2) is 11.6 Å². The summed E-state index contributed by atoms with van der Waals surface area (Å²) in [6.45, 7) is 0. The van der Waals surface area contributed by atoms with Gasteiger partial charge in [-0.05, 0) is 12.1 Å². The number of rotatable bonds is 1. The molecule has 0 amide bonds. The third kappa shape index (κ3) is 1.87. The standard InChI is InChI=1S/C17H7F3O4/c18-17(19,20)16-11(10-6-3-7-23-10)12-13(21)8-4-1-2-5-9(8)14(22)15(12)24-16/h1-7H. The minimum atomic E-state index is -4.88. The smallest absolute Gasteiger partial charge is 0.450 e. The van der Waals surface area contributed by atoms with Gasteiger partial charge in [-0.2, -0.15) is 13.2 Å². The third-order valence-electron chi connectivity index (χ3n) is 3.78. The van der Waals surface area contributed by atoms with Gasteiger partial charge in [-0.1, -0.05) is 24.3 Å². The summed E-state index contributed by atoms with van der Waals surface area (Å²) >= 11 is 0. The molecule has 0 bridgehead atoms. The lowest BCUT2D eigenvalue weighted by atomic mass is 9.86. The van der Waals surface area contributed by atoms with Gasteiger partial charge in [0.2, 0.25) is 11.5 Å². The fraction of sp³-hybridized carbons (Fsp3) is 0.0588. The van der Waals surface area contributed by atoms with Crippen LogP contribution < -0.4 is 0 Å². The molecule has 0 N–H and O–H groups in total. The molecule has 7 heteroatoms. The third-order valence-corrected chi connectivity index (χ3v) is 3.78. The lowest BCUT2D eigenvalue weighted by Gasteiger charge is -2.13. The highest BCUT2D eigenvalue weighted by Gasteiger charge is 2.46. The largest absolute Gasteiger partial charge is 0.464 e. The number of fused-ring (bicyclic) bond motifs is 2. The Kier molecular flexibility index (Phi) is 2.84. The molecule has 1 aliphatic carbocycles. The molecule has 0 aliphatic heterocycles. The average molecular weight is 332 g/mol. The van der Waals surface area contributed by atoms with Crippen molar-refractivity contribution in [3.63, 3.8) is 0 Å². The number of furan rings is 2. The van der Waals surface area contributed by atoms with Gasteiger partial charge in [0.25, 0.3) is 0 Å². The van der Waals surface area contributed by atoms with Crippen molar-refractivity contribution >= 4 is 11.6 Å². The Morgan fingerprint density at radius 3 is 2.08 bits per heavy atom. The average Bonchev–Trinajstić information content (AvgIpc) is 3.19. The molecule has 0 fully saturated rings. The van der Waals surface area contributed by atoms with E-state index in [1.165, 1.54) is 42.7 Å². The van der Waals surface area contributed by atoms with E-state index >= 15 is 0 Å². The summed E-state index contributed by atoms with van der Waals surface area (Å²) < 4.78 is 49.9. The van der Waals surface area contributed by atoms with E-state index in [1.807, 2.05) is 0 Å². The van der Waals surface area contributed by atoms with Gasteiger partial charge >= 0.3 is 6.18 Å². The van der Waals surface area contributed by atoms with Crippen LogP contribution >= 0.6 is 0 Å². The molecule has 1 aliphatic rings. The molecule has 0 spiro atoms. The van der Waals surface area contributed by atoms with E-state index in [0.717, 1.165) is 0 Å². The zero-order valence-electron chi connectivity index (χ0n) is 11.8. The van der Waals surface area contributed by atoms with Crippen LogP contribution in [0.3, 0.4) is 0 Å². The molecule has 0 unspecified atom stereocenters. The maximum atomic E-state index is 13.4. The molecule has 1 aromatic carbocycles. The van der Waals surface area contributed by atoms with Crippen LogP contribution in [0.4, 0.5) is 13.2 Å². The predicted molar refractivity (Wildman–Crippen MR) is 74.7 cm³/mol. The monoisotopic (exact) mass is 332 g/mol. The number of hydrogen-bond acceptors (Lipinski definition) is 4. The molecular weight excluding hydrogens is 325 g/mol. The van der Waals surface area contributed by atoms with Gasteiger partial charge in [0, 0.05) is 11.1 Å². The van der Waals surface area contributed by atoms with Crippen LogP contribution in [0.1, 0.15) is 37.8 Å². The molecule has 0 atom stereocenters. The zero-order valence-corrected chi connectivity index (χ0v) is 11.8. The first kappa shape index (κ1) is 14.5. The number of halogens is 3. The molecule has 120 valence electrons. The van der Waals surface area contributed by atoms with Gasteiger partial charge < -0.3 is 8.83 Å². The predicted octanol–water partition coefficient (Wildman–Crippen LogP) is 4.33. The van der Waals surface area contributed by atoms with Gasteiger partial charge in [0.1, 0.15) is 5.76 Å². The normalized spacial score (nSPS) is 13.8. The Morgan fingerprint density at radius 1 is 0.833 bits per heavy atom. The van der Waals surface area contributed by atoms with Gasteiger partial charge in [-0.3, -0.25) is 9.59 Å². The molecule has 0 radical (unpaired) electrons. The minimum absolute atomic E-state index is 0.0171. The molecule has 2 heterocycles. The summed E-state index contributed by atoms with van der Waals surface area (Å²) in [6, 6.07) is 8.49. The van der Waals surface area contributed by atoms with Crippen LogP contribution in [0.5, 0.6) is 0 Å². The molecule has 0 saturated carbocycles. The number of hydrogen-bond donors (Lipinski definition) is 0. The highest BCUT2D eigenvalue weighted by molar-refractivity contribution is 6.29. The summed E-state index contributed by atoms with van der Waals surface area (Å²) in [5.74, 6) is -3.68. The van der Waals surface area contributed by atoms with Gasteiger partial charge in [-0.25, -0.2) is 0 Å². The fourth-order valence-electron chi connectivity index (χ4n) is 2.80. The Bertz CT molecular complexity index is 978. The molecule has 4 rings (SSSR count). The van der Waals surface area contributed by atoms with Crippen molar-refractivity contribution in [3.8, 4) is 11.3 Å². The fourth-order valence-corrected chi connectivity index (χ4v) is 2.80. The highest BCUT2D eigenvalue weighted by Crippen LogP contribution is 2.45. The van der Waals surface area contributed by atoms with E-state index < -0.39 is 40.4 Å². The van der Waals surface area contributed by atoms with Crippen molar-refractivity contribution in [1.82, 2.24) is 0 Å². The number of carbonyl (C=O) groups excluding carboxylic acids is 2. The van der Waals surface area contributed by atoms with Crippen molar-refractivity contribution in [1.29, 1.82) is 0 Å². The van der Waals surface area contributed by atoms with Crippen LogP contribution in [0, 0.1) is 0 Å². The summed E-state index contributed by atoms with van der Waals surface area (Å²) in [7, 11) is 0. The number of carbonyl (C=O) groups is 2. The van der Waals surface area contributed by atoms with E-state index in [2.05, 4.69) is 0 Å². The first-order valence-corrected chi connectivity index (χ1v) is 6.86. The van der Waals surface area contributed by atoms with Gasteiger partial charge in [0.15, 0.2) is 11.5 Å². The first-order chi connectivity index (χ1) is 11.4. The quantitative estimate of drug-likeness (QED) is 0.520. The van der Waals surface area contributed by atoms with Gasteiger partial charge in [0.05, 0.1) is 17.4 Å². The second-order valence-corrected chi connectivity index (χ2v) is 5.19. The second-order valence-electron chi connectivity index (χ2n) is 5.19. The summed E-state index contributed by atoms with van der Waals surface area (Å²) in [6.07, 6.45) is -3.70. The van der Waals surface area contributed by atoms with E-state index in [9.17, 15) is 22.8 Å². The van der Waals surface area contributed by atoms with Crippen molar-refractivity contribution in [2.75, 3.05) is 0 Å². The van der Waals surface area contributed by atoms with Crippen LogP contribution in [-0.2, 0) is 6.18 Å². The lowest BCUT2D eigenvalue weighted by Crippen LogP contribution is -2.19. The minimum Gasteiger partial charge on any atom is -0.464 e. The van der Waals surface area contributed by atoms with E-state index in [0.29, 0.717) is 0 Å². The van der Waals surface area contributed by atoms with Crippen molar-refractivity contribution < 1.29 is 31.6 Å². The Morgan fingerprint density at radius 2 is 1.50 bits per heavy atom. The zero-order chi connectivity index (χ0) is 17.1. The lowest BCUT2D eigenvalue weighted by molar-refractivity contribution is -0.152. The van der Waals surface area contributed by atoms with Crippen LogP contribution in [0.15, 0.2) is 51.5 Å². The van der Waals surface area contributed by atoms with Crippen molar-refractivity contribution in [2.24, 2.45) is 0 Å². The van der Waals surface area contributed by atoms with Crippen molar-refractivity contribution in [3.05, 3.63) is 70.9 Å². The summed E-state index contributed by atoms with van der Waals surface area (Å²) in [4.78, 5) is 25.2. The van der Waals surface area contributed by atoms with Crippen LogP contribution in [0.2, 0.25) is 0 Å². The molecule has 4 nitrogen and oxygen atoms in total. The highest BCUT2D eigenvalue weighted by atomic mass is 19.4. The second kappa shape index (κ2) is 4.70. The molecular formula is C17H7F3O4. The Balaban J connectivity index is 2.08. The number of benzene rings is 1. The Labute approximate surface area is 132 Å². The van der Waals surface area contributed by atoms with Crippen LogP contribution in [0.25, 0.3) is 11.3 Å². The first-order valence-electron chi connectivity index (χ1n) is 6.86. The molecule has 2 aromatic heterocycles. The Hall–Kier alpha value is -3.09. The van der Waals surface area contributed by atoms with Crippen molar-refractivity contribution in [2.45, 2.75) is 6.18 Å². The number of alkyl halides is 3. The topological polar surface area (TPSA) is 60.4 Å².